The Balaban J connectivity index is 0.895. The minimum Gasteiger partial charge on any atom is -0.494 e. The van der Waals surface area contributed by atoms with E-state index in [1.54, 1.807) is 42.7 Å². The van der Waals surface area contributed by atoms with Gasteiger partial charge in [-0.1, -0.05) is 66.6 Å². The van der Waals surface area contributed by atoms with Crippen LogP contribution >= 0.6 is 11.6 Å². The molecule has 1 atom stereocenters. The molecule has 0 bridgehead atoms. The molecule has 0 unspecified atom stereocenters. The largest absolute Gasteiger partial charge is 0.494 e. The Bertz CT molecular complexity index is 2570. The molecule has 0 saturated carbocycles. The fraction of sp³-hybridized carbons (Fsp3) is 0.377. The first-order chi connectivity index (χ1) is 33.7. The van der Waals surface area contributed by atoms with Gasteiger partial charge in [0.05, 0.1) is 24.4 Å². The van der Waals surface area contributed by atoms with Crippen LogP contribution in [0.15, 0.2) is 97.3 Å². The molecule has 6 rings (SSSR count). The molecular formula is C53H63ClN8O8. The molecule has 3 heterocycles. The highest BCUT2D eigenvalue weighted by molar-refractivity contribution is 6.36. The van der Waals surface area contributed by atoms with E-state index in [1.165, 1.54) is 7.11 Å². The Morgan fingerprint density at radius 2 is 1.41 bits per heavy atom. The lowest BCUT2D eigenvalue weighted by molar-refractivity contribution is -0.148. The van der Waals surface area contributed by atoms with E-state index in [9.17, 15) is 24.0 Å². The number of pyridine rings is 2. The summed E-state index contributed by atoms with van der Waals surface area (Å²) in [6, 6.07) is 25.2. The summed E-state index contributed by atoms with van der Waals surface area (Å²) in [5.74, 6) is -0.385. The summed E-state index contributed by atoms with van der Waals surface area (Å²) < 4.78 is 16.1. The molecule has 1 aliphatic heterocycles. The third-order valence-corrected chi connectivity index (χ3v) is 11.9. The number of benzene rings is 3. The zero-order chi connectivity index (χ0) is 50.0. The SMILES string of the molecule is COC(=O)[C@@H]1CCCCN1Cc1ccc(C(=O)Nc2cccc(-c3cccc(NC(=O)c4ccc(CNCCNC(=O)CCCOc5ccc(CCNC(=O)OC(C)(C)C)cc5)cn4)c3C)c2Cl)nc1. The van der Waals surface area contributed by atoms with Crippen LogP contribution in [0.2, 0.25) is 5.02 Å². The third kappa shape index (κ3) is 15.8. The lowest BCUT2D eigenvalue weighted by Crippen LogP contribution is -2.44. The maximum atomic E-state index is 13.3. The number of ether oxygens (including phenoxy) is 3. The summed E-state index contributed by atoms with van der Waals surface area (Å²) in [4.78, 5) is 74.1. The molecule has 370 valence electrons. The predicted octanol–water partition coefficient (Wildman–Crippen LogP) is 8.27. The van der Waals surface area contributed by atoms with Crippen molar-refractivity contribution in [3.05, 3.63) is 136 Å². The number of aromatic nitrogens is 2. The van der Waals surface area contributed by atoms with Gasteiger partial charge in [-0.3, -0.25) is 34.0 Å². The number of halogens is 1. The van der Waals surface area contributed by atoms with Crippen LogP contribution in [-0.2, 0) is 38.6 Å². The molecule has 3 aromatic carbocycles. The molecule has 5 N–H and O–H groups in total. The van der Waals surface area contributed by atoms with Gasteiger partial charge in [0.25, 0.3) is 11.8 Å². The highest BCUT2D eigenvalue weighted by Crippen LogP contribution is 2.37. The maximum absolute atomic E-state index is 13.3. The zero-order valence-electron chi connectivity index (χ0n) is 40.5. The third-order valence-electron chi connectivity index (χ3n) is 11.5. The van der Waals surface area contributed by atoms with E-state index < -0.39 is 17.6 Å². The summed E-state index contributed by atoms with van der Waals surface area (Å²) in [7, 11) is 1.41. The van der Waals surface area contributed by atoms with Crippen molar-refractivity contribution in [1.29, 1.82) is 0 Å². The van der Waals surface area contributed by atoms with E-state index >= 15 is 0 Å². The number of anilines is 2. The molecule has 0 aliphatic carbocycles. The summed E-state index contributed by atoms with van der Waals surface area (Å²) in [6.45, 7) is 11.0. The molecule has 4 amide bonds. The number of carbonyl (C=O) groups is 5. The Hall–Kier alpha value is -6.88. The van der Waals surface area contributed by atoms with Crippen LogP contribution < -0.4 is 31.3 Å². The van der Waals surface area contributed by atoms with E-state index in [1.807, 2.05) is 82.3 Å². The number of nitrogens with one attached hydrogen (secondary N) is 5. The number of nitrogens with zero attached hydrogens (tertiary/aromatic N) is 3. The minimum absolute atomic E-state index is 0.0602. The average molecular weight is 976 g/mol. The van der Waals surface area contributed by atoms with Crippen molar-refractivity contribution in [2.24, 2.45) is 0 Å². The minimum atomic E-state index is -0.536. The van der Waals surface area contributed by atoms with Gasteiger partial charge in [-0.25, -0.2) is 4.79 Å². The Morgan fingerprint density at radius 1 is 0.757 bits per heavy atom. The average Bonchev–Trinajstić information content (AvgIpc) is 3.34. The van der Waals surface area contributed by atoms with E-state index in [4.69, 9.17) is 25.8 Å². The highest BCUT2D eigenvalue weighted by atomic mass is 35.5. The maximum Gasteiger partial charge on any atom is 0.407 e. The summed E-state index contributed by atoms with van der Waals surface area (Å²) in [6.07, 6.45) is 7.14. The van der Waals surface area contributed by atoms with Crippen molar-refractivity contribution in [2.45, 2.75) is 91.0 Å². The molecule has 1 fully saturated rings. The van der Waals surface area contributed by atoms with Gasteiger partial charge in [0.15, 0.2) is 0 Å². The molecule has 70 heavy (non-hydrogen) atoms. The van der Waals surface area contributed by atoms with Gasteiger partial charge in [-0.05, 0) is 124 Å². The fourth-order valence-electron chi connectivity index (χ4n) is 7.82. The highest BCUT2D eigenvalue weighted by Gasteiger charge is 2.29. The number of piperidine rings is 1. The lowest BCUT2D eigenvalue weighted by atomic mass is 9.98. The number of methoxy groups -OCH3 is 1. The van der Waals surface area contributed by atoms with Crippen molar-refractivity contribution >= 4 is 52.8 Å². The lowest BCUT2D eigenvalue weighted by Gasteiger charge is -2.33. The van der Waals surface area contributed by atoms with Crippen LogP contribution in [0, 0.1) is 6.92 Å². The van der Waals surface area contributed by atoms with E-state index in [0.717, 1.165) is 53.6 Å². The van der Waals surface area contributed by atoms with Gasteiger partial charge in [-0.2, -0.15) is 0 Å². The topological polar surface area (TPSA) is 202 Å². The van der Waals surface area contributed by atoms with Crippen LogP contribution in [-0.4, -0.2) is 96.2 Å². The van der Waals surface area contributed by atoms with Crippen LogP contribution in [0.4, 0.5) is 16.2 Å². The summed E-state index contributed by atoms with van der Waals surface area (Å²) >= 11 is 6.92. The van der Waals surface area contributed by atoms with Gasteiger partial charge in [0, 0.05) is 62.8 Å². The van der Waals surface area contributed by atoms with Gasteiger partial charge < -0.3 is 40.8 Å². The smallest absolute Gasteiger partial charge is 0.407 e. The molecule has 17 heteroatoms. The molecule has 16 nitrogen and oxygen atoms in total. The van der Waals surface area contributed by atoms with Gasteiger partial charge in [0.1, 0.15) is 28.8 Å². The second-order valence-corrected chi connectivity index (χ2v) is 18.3. The standard InChI is InChI=1S/C53H63ClN8O8/c1-35-40(41-12-9-14-43(48(41)54)61-50(65)45-24-20-38(33-59-45)34-62-29-7-6-15-46(62)51(66)68-5)11-8-13-42(35)60-49(64)44-23-19-37(32-58-44)31-55-27-28-56-47(63)16-10-30-69-39-21-17-36(18-22-39)25-26-57-52(67)70-53(2,3)4/h8-9,11-14,17-24,32-33,46,55H,6-7,10,15-16,25-31,34H2,1-5H3,(H,56,63)(H,57,67)(H,60,64)(H,61,65)/t46-/m0/s1. The molecular weight excluding hydrogens is 912 g/mol. The molecule has 1 saturated heterocycles. The normalized spacial score (nSPS) is 13.7. The van der Waals surface area contributed by atoms with Crippen molar-refractivity contribution in [1.82, 2.24) is 30.8 Å². The monoisotopic (exact) mass is 974 g/mol. The fourth-order valence-corrected chi connectivity index (χ4v) is 8.09. The van der Waals surface area contributed by atoms with Crippen molar-refractivity contribution in [2.75, 3.05) is 50.5 Å². The van der Waals surface area contributed by atoms with Gasteiger partial charge >= 0.3 is 12.1 Å². The van der Waals surface area contributed by atoms with E-state index in [0.29, 0.717) is 86.3 Å². The zero-order valence-corrected chi connectivity index (χ0v) is 41.2. The Kier molecular flexibility index (Phi) is 19.2. The molecule has 2 aromatic heterocycles. The first-order valence-corrected chi connectivity index (χ1v) is 23.9. The number of hydrogen-bond donors (Lipinski definition) is 5. The van der Waals surface area contributed by atoms with Crippen LogP contribution in [0.3, 0.4) is 0 Å². The molecule has 5 aromatic rings. The van der Waals surface area contributed by atoms with Crippen molar-refractivity contribution in [3.8, 4) is 16.9 Å². The number of esters is 1. The number of rotatable bonds is 21. The molecule has 1 aliphatic rings. The number of amides is 4. The Labute approximate surface area is 414 Å². The number of alkyl carbamates (subject to hydrolysis) is 1. The molecule has 0 spiro atoms. The van der Waals surface area contributed by atoms with E-state index in [-0.39, 0.29) is 35.2 Å². The first kappa shape index (κ1) is 52.5. The van der Waals surface area contributed by atoms with Crippen molar-refractivity contribution in [3.63, 3.8) is 0 Å². The number of hydrogen-bond acceptors (Lipinski definition) is 12. The van der Waals surface area contributed by atoms with Crippen LogP contribution in [0.25, 0.3) is 11.1 Å². The van der Waals surface area contributed by atoms with Crippen molar-refractivity contribution < 1.29 is 38.2 Å². The summed E-state index contributed by atoms with van der Waals surface area (Å²) in [5, 5.41) is 15.1. The Morgan fingerprint density at radius 3 is 2.09 bits per heavy atom. The second kappa shape index (κ2) is 25.6. The van der Waals surface area contributed by atoms with Crippen LogP contribution in [0.1, 0.15) is 96.1 Å². The van der Waals surface area contributed by atoms with Gasteiger partial charge in [-0.15, -0.1) is 0 Å². The van der Waals surface area contributed by atoms with Crippen LogP contribution in [0.5, 0.6) is 5.75 Å². The summed E-state index contributed by atoms with van der Waals surface area (Å²) in [5.41, 5.74) is 5.93. The molecule has 0 radical (unpaired) electrons. The predicted molar refractivity (Wildman–Crippen MR) is 270 cm³/mol. The number of carbonyl (C=O) groups excluding carboxylic acids is 5. The number of likely N-dealkylation sites (tertiary alicyclic amines) is 1. The second-order valence-electron chi connectivity index (χ2n) is 18.0. The van der Waals surface area contributed by atoms with Gasteiger partial charge in [0.2, 0.25) is 5.91 Å². The van der Waals surface area contributed by atoms with E-state index in [2.05, 4.69) is 41.5 Å². The quantitative estimate of drug-likeness (QED) is 0.0349. The first-order valence-electron chi connectivity index (χ1n) is 23.6.